The van der Waals surface area contributed by atoms with Gasteiger partial charge in [-0.2, -0.15) is 0 Å². The van der Waals surface area contributed by atoms with Crippen LogP contribution in [0.1, 0.15) is 39.1 Å². The highest BCUT2D eigenvalue weighted by Gasteiger charge is 2.50. The first-order valence-corrected chi connectivity index (χ1v) is 14.3. The number of rotatable bonds is 1. The Morgan fingerprint density at radius 3 is 2.23 bits per heavy atom. The van der Waals surface area contributed by atoms with Gasteiger partial charge in [-0.05, 0) is 83.1 Å². The van der Waals surface area contributed by atoms with Crippen LogP contribution in [-0.4, -0.2) is 4.98 Å². The molecule has 39 heavy (non-hydrogen) atoms. The molecule has 1 spiro atoms. The van der Waals surface area contributed by atoms with Crippen LogP contribution in [0.3, 0.4) is 0 Å². The molecule has 2 nitrogen and oxygen atoms in total. The van der Waals surface area contributed by atoms with E-state index in [1.807, 2.05) is 11.3 Å². The van der Waals surface area contributed by atoms with Crippen molar-refractivity contribution in [1.29, 1.82) is 0 Å². The van der Waals surface area contributed by atoms with Crippen molar-refractivity contribution in [3.63, 3.8) is 0 Å². The molecule has 3 heterocycles. The smallest absolute Gasteiger partial charge is 0.132 e. The van der Waals surface area contributed by atoms with Crippen molar-refractivity contribution in [2.24, 2.45) is 0 Å². The van der Waals surface area contributed by atoms with Crippen molar-refractivity contribution >= 4 is 27.6 Å². The fraction of sp³-hybridized carbons (Fsp3) is 0.0833. The lowest BCUT2D eigenvalue weighted by atomic mass is 9.66. The second kappa shape index (κ2) is 7.78. The van der Waals surface area contributed by atoms with Crippen LogP contribution in [-0.2, 0) is 11.8 Å². The minimum atomic E-state index is -0.455. The van der Waals surface area contributed by atoms with Crippen LogP contribution in [0, 0.1) is 0 Å². The van der Waals surface area contributed by atoms with Crippen LogP contribution in [0.25, 0.3) is 38.7 Å². The first-order valence-electron chi connectivity index (χ1n) is 13.5. The van der Waals surface area contributed by atoms with Crippen LogP contribution in [0.15, 0.2) is 109 Å². The maximum absolute atomic E-state index is 6.59. The maximum atomic E-state index is 6.59. The van der Waals surface area contributed by atoms with Gasteiger partial charge in [-0.15, -0.1) is 11.3 Å². The molecule has 1 aliphatic heterocycles. The molecule has 0 fully saturated rings. The van der Waals surface area contributed by atoms with Gasteiger partial charge in [0.2, 0.25) is 0 Å². The van der Waals surface area contributed by atoms with Crippen molar-refractivity contribution in [3.8, 4) is 33.9 Å². The molecule has 0 radical (unpaired) electrons. The van der Waals surface area contributed by atoms with Gasteiger partial charge in [0.1, 0.15) is 11.5 Å². The number of hydrogen-bond donors (Lipinski definition) is 0. The standard InChI is InChI=1S/C36H23NOS/c1-4-12-26-23(9-1)24-10-2-5-13-27(24)36(26)28-14-6-7-15-31(28)38-32-19-17-22(21-29(32)36)30-18-20-34-35(37-30)25-11-3-8-16-33(25)39-34/h1-2,4-10,12-21H,3,11H2. The predicted molar refractivity (Wildman–Crippen MR) is 160 cm³/mol. The van der Waals surface area contributed by atoms with E-state index in [4.69, 9.17) is 9.72 Å². The molecule has 3 heteroatoms. The zero-order valence-electron chi connectivity index (χ0n) is 21.1. The van der Waals surface area contributed by atoms with E-state index < -0.39 is 5.41 Å². The largest absolute Gasteiger partial charge is 0.457 e. The topological polar surface area (TPSA) is 22.1 Å². The number of benzene rings is 4. The number of aryl methyl sites for hydroxylation is 1. The van der Waals surface area contributed by atoms with E-state index in [1.165, 1.54) is 48.5 Å². The molecule has 184 valence electrons. The highest BCUT2D eigenvalue weighted by molar-refractivity contribution is 7.20. The molecule has 0 amide bonds. The Hall–Kier alpha value is -4.47. The van der Waals surface area contributed by atoms with Gasteiger partial charge in [-0.25, -0.2) is 4.98 Å². The van der Waals surface area contributed by atoms with Crippen LogP contribution in [0.5, 0.6) is 11.5 Å². The van der Waals surface area contributed by atoms with Crippen molar-refractivity contribution in [3.05, 3.63) is 142 Å². The van der Waals surface area contributed by atoms with Gasteiger partial charge >= 0.3 is 0 Å². The first-order chi connectivity index (χ1) is 19.3. The predicted octanol–water partition coefficient (Wildman–Crippen LogP) is 9.39. The molecule has 6 aromatic rings. The summed E-state index contributed by atoms with van der Waals surface area (Å²) in [6.07, 6.45) is 6.68. The Morgan fingerprint density at radius 1 is 0.692 bits per heavy atom. The average molecular weight is 518 g/mol. The maximum Gasteiger partial charge on any atom is 0.132 e. The first kappa shape index (κ1) is 21.5. The third kappa shape index (κ3) is 2.78. The van der Waals surface area contributed by atoms with Gasteiger partial charge in [-0.3, -0.25) is 0 Å². The zero-order chi connectivity index (χ0) is 25.6. The van der Waals surface area contributed by atoms with E-state index in [0.29, 0.717) is 0 Å². The van der Waals surface area contributed by atoms with Gasteiger partial charge < -0.3 is 4.74 Å². The number of pyridine rings is 1. The van der Waals surface area contributed by atoms with E-state index in [0.717, 1.165) is 41.1 Å². The number of nitrogens with zero attached hydrogens (tertiary/aromatic N) is 1. The molecule has 0 N–H and O–H groups in total. The van der Waals surface area contributed by atoms with Crippen molar-refractivity contribution in [2.75, 3.05) is 0 Å². The van der Waals surface area contributed by atoms with Crippen LogP contribution < -0.4 is 4.74 Å². The second-order valence-corrected chi connectivity index (χ2v) is 11.7. The lowest BCUT2D eigenvalue weighted by molar-refractivity contribution is 0.436. The fourth-order valence-corrected chi connectivity index (χ4v) is 8.14. The lowest BCUT2D eigenvalue weighted by Gasteiger charge is -2.39. The summed E-state index contributed by atoms with van der Waals surface area (Å²) in [5.41, 5.74) is 11.8. The molecule has 0 bridgehead atoms. The number of para-hydroxylation sites is 1. The highest BCUT2D eigenvalue weighted by Crippen LogP contribution is 2.62. The number of fused-ring (bicyclic) bond motifs is 12. The van der Waals surface area contributed by atoms with Crippen molar-refractivity contribution < 1.29 is 4.74 Å². The minimum absolute atomic E-state index is 0.455. The third-order valence-corrected chi connectivity index (χ3v) is 9.79. The number of aromatic nitrogens is 1. The molecule has 0 saturated heterocycles. The number of thiophene rings is 1. The average Bonchev–Trinajstić information content (AvgIpc) is 3.51. The lowest BCUT2D eigenvalue weighted by Crippen LogP contribution is -2.32. The molecule has 3 aliphatic rings. The van der Waals surface area contributed by atoms with Gasteiger partial charge in [0.05, 0.1) is 21.3 Å². The summed E-state index contributed by atoms with van der Waals surface area (Å²) >= 11 is 1.85. The van der Waals surface area contributed by atoms with Crippen LogP contribution in [0.4, 0.5) is 0 Å². The summed E-state index contributed by atoms with van der Waals surface area (Å²) in [5, 5.41) is 0. The van der Waals surface area contributed by atoms with E-state index >= 15 is 0 Å². The highest BCUT2D eigenvalue weighted by atomic mass is 32.1. The number of allylic oxidation sites excluding steroid dienone is 1. The molecule has 0 atom stereocenters. The molecular formula is C36H23NOS. The summed E-state index contributed by atoms with van der Waals surface area (Å²) in [4.78, 5) is 6.61. The molecule has 9 rings (SSSR count). The zero-order valence-corrected chi connectivity index (χ0v) is 22.0. The number of hydrogen-bond acceptors (Lipinski definition) is 3. The van der Waals surface area contributed by atoms with E-state index in [2.05, 4.69) is 115 Å². The molecule has 2 aromatic heterocycles. The quantitative estimate of drug-likeness (QED) is 0.216. The molecule has 0 saturated carbocycles. The Balaban J connectivity index is 1.33. The van der Waals surface area contributed by atoms with E-state index in [1.54, 1.807) is 0 Å². The van der Waals surface area contributed by atoms with Gasteiger partial charge in [0.15, 0.2) is 0 Å². The Morgan fingerprint density at radius 2 is 1.41 bits per heavy atom. The molecular weight excluding hydrogens is 494 g/mol. The van der Waals surface area contributed by atoms with Gasteiger partial charge in [-0.1, -0.05) is 72.8 Å². The fourth-order valence-electron chi connectivity index (χ4n) is 7.01. The second-order valence-electron chi connectivity index (χ2n) is 10.6. The summed E-state index contributed by atoms with van der Waals surface area (Å²) in [5.74, 6) is 1.82. The van der Waals surface area contributed by atoms with Crippen LogP contribution >= 0.6 is 11.3 Å². The Labute approximate surface area is 230 Å². The normalized spacial score (nSPS) is 15.3. The van der Waals surface area contributed by atoms with Crippen molar-refractivity contribution in [2.45, 2.75) is 18.3 Å². The third-order valence-electron chi connectivity index (χ3n) is 8.63. The Bertz CT molecular complexity index is 1970. The monoisotopic (exact) mass is 517 g/mol. The molecule has 0 unspecified atom stereocenters. The summed E-state index contributed by atoms with van der Waals surface area (Å²) in [6, 6.07) is 37.3. The van der Waals surface area contributed by atoms with E-state index in [-0.39, 0.29) is 0 Å². The SMILES string of the molecule is C1=Cc2sc3ccc(-c4ccc5c(c4)C4(c6ccccc6O5)c5ccccc5-c5ccccc54)nc3c2CC1. The molecule has 4 aromatic carbocycles. The van der Waals surface area contributed by atoms with E-state index in [9.17, 15) is 0 Å². The summed E-state index contributed by atoms with van der Waals surface area (Å²) in [7, 11) is 0. The Kier molecular flexibility index (Phi) is 4.28. The van der Waals surface area contributed by atoms with Crippen molar-refractivity contribution in [1.82, 2.24) is 4.98 Å². The minimum Gasteiger partial charge on any atom is -0.457 e. The van der Waals surface area contributed by atoms with Crippen LogP contribution in [0.2, 0.25) is 0 Å². The number of ether oxygens (including phenoxy) is 1. The summed E-state index contributed by atoms with van der Waals surface area (Å²) < 4.78 is 7.86. The molecule has 2 aliphatic carbocycles. The summed E-state index contributed by atoms with van der Waals surface area (Å²) in [6.45, 7) is 0. The van der Waals surface area contributed by atoms with Gasteiger partial charge in [0, 0.05) is 21.6 Å². The van der Waals surface area contributed by atoms with Gasteiger partial charge in [0.25, 0.3) is 0 Å².